The summed E-state index contributed by atoms with van der Waals surface area (Å²) in [6.45, 7) is 4.15. The number of H-pyrrole nitrogens is 1. The van der Waals surface area contributed by atoms with Crippen LogP contribution in [0.1, 0.15) is 0 Å². The van der Waals surface area contributed by atoms with E-state index in [4.69, 9.17) is 4.98 Å². The summed E-state index contributed by atoms with van der Waals surface area (Å²) in [4.78, 5) is 22.9. The Hall–Kier alpha value is -3.29. The van der Waals surface area contributed by atoms with Crippen molar-refractivity contribution in [1.82, 2.24) is 24.8 Å². The van der Waals surface area contributed by atoms with Gasteiger partial charge in [0.25, 0.3) is 0 Å². The molecule has 7 heteroatoms. The van der Waals surface area contributed by atoms with Crippen molar-refractivity contribution in [3.8, 4) is 21.6 Å². The smallest absolute Gasteiger partial charge is 0.137 e. The Morgan fingerprint density at radius 1 is 0.935 bits per heavy atom. The fourth-order valence-corrected chi connectivity index (χ4v) is 5.25. The maximum Gasteiger partial charge on any atom is 0.137 e. The second-order valence-corrected chi connectivity index (χ2v) is 9.12. The van der Waals surface area contributed by atoms with Gasteiger partial charge in [-0.05, 0) is 48.3 Å². The van der Waals surface area contributed by atoms with E-state index in [2.05, 4.69) is 68.3 Å². The van der Waals surface area contributed by atoms with Gasteiger partial charge in [-0.2, -0.15) is 0 Å². The predicted molar refractivity (Wildman–Crippen MR) is 128 cm³/mol. The van der Waals surface area contributed by atoms with Gasteiger partial charge in [0, 0.05) is 78.6 Å². The number of rotatable bonds is 3. The molecule has 1 saturated heterocycles. The lowest BCUT2D eigenvalue weighted by Gasteiger charge is -2.33. The minimum absolute atomic E-state index is 0.905. The lowest BCUT2D eigenvalue weighted by atomic mass is 10.1. The van der Waals surface area contributed by atoms with E-state index in [1.807, 2.05) is 24.8 Å². The van der Waals surface area contributed by atoms with Crippen LogP contribution in [-0.2, 0) is 0 Å². The quantitative estimate of drug-likeness (QED) is 0.455. The van der Waals surface area contributed by atoms with Crippen molar-refractivity contribution in [2.45, 2.75) is 0 Å². The molecule has 31 heavy (non-hydrogen) atoms. The van der Waals surface area contributed by atoms with E-state index in [0.717, 1.165) is 54.2 Å². The molecule has 0 aliphatic carbocycles. The summed E-state index contributed by atoms with van der Waals surface area (Å²) in [7, 11) is 2.17. The van der Waals surface area contributed by atoms with Gasteiger partial charge in [-0.25, -0.2) is 9.97 Å². The van der Waals surface area contributed by atoms with Crippen LogP contribution in [0.15, 0.2) is 61.3 Å². The number of pyridine rings is 3. The van der Waals surface area contributed by atoms with Gasteiger partial charge in [0.2, 0.25) is 0 Å². The molecule has 154 valence electrons. The topological polar surface area (TPSA) is 60.9 Å². The van der Waals surface area contributed by atoms with Gasteiger partial charge < -0.3 is 14.8 Å². The summed E-state index contributed by atoms with van der Waals surface area (Å²) in [5.74, 6) is 1.04. The highest BCUT2D eigenvalue weighted by molar-refractivity contribution is 7.22. The molecule has 5 aromatic rings. The molecule has 1 aliphatic heterocycles. The molecule has 0 aromatic carbocycles. The number of aromatic nitrogens is 4. The number of hydrogen-bond donors (Lipinski definition) is 1. The van der Waals surface area contributed by atoms with Gasteiger partial charge in [-0.15, -0.1) is 11.3 Å². The zero-order valence-electron chi connectivity index (χ0n) is 17.2. The number of aromatic amines is 1. The Balaban J connectivity index is 1.39. The van der Waals surface area contributed by atoms with Crippen LogP contribution >= 0.6 is 11.3 Å². The molecule has 6 nitrogen and oxygen atoms in total. The van der Waals surface area contributed by atoms with Gasteiger partial charge in [0.15, 0.2) is 0 Å². The van der Waals surface area contributed by atoms with Crippen LogP contribution < -0.4 is 4.90 Å². The summed E-state index contributed by atoms with van der Waals surface area (Å²) in [5.41, 5.74) is 4.33. The minimum Gasteiger partial charge on any atom is -0.354 e. The first-order valence-corrected chi connectivity index (χ1v) is 11.3. The van der Waals surface area contributed by atoms with E-state index in [-0.39, 0.29) is 0 Å². The van der Waals surface area contributed by atoms with Crippen molar-refractivity contribution in [1.29, 1.82) is 0 Å². The largest absolute Gasteiger partial charge is 0.354 e. The average Bonchev–Trinajstić information content (AvgIpc) is 3.43. The zero-order chi connectivity index (χ0) is 20.8. The third-order valence-corrected chi connectivity index (χ3v) is 7.14. The standard InChI is InChI=1S/C24H22N6S/c1-29-6-8-30(9-7-29)23-12-16(3-5-26-23)18-10-19-20(14-28-24(19)27-13-18)21-11-17-2-4-25-15-22(17)31-21/h2-5,10-15H,6-9H2,1H3,(H,27,28). The second kappa shape index (κ2) is 7.44. The Bertz CT molecular complexity index is 1350. The van der Waals surface area contributed by atoms with E-state index in [1.54, 1.807) is 11.3 Å². The van der Waals surface area contributed by atoms with E-state index >= 15 is 0 Å². The lowest BCUT2D eigenvalue weighted by Crippen LogP contribution is -2.44. The first kappa shape index (κ1) is 18.5. The molecule has 0 amide bonds. The molecule has 0 spiro atoms. The Labute approximate surface area is 184 Å². The summed E-state index contributed by atoms with van der Waals surface area (Å²) < 4.78 is 1.20. The Kier molecular flexibility index (Phi) is 4.44. The SMILES string of the molecule is CN1CCN(c2cc(-c3cnc4[nH]cc(-c5cc6ccncc6s5)c4c3)ccn2)CC1. The van der Waals surface area contributed by atoms with Crippen LogP contribution in [0.3, 0.4) is 0 Å². The van der Waals surface area contributed by atoms with Gasteiger partial charge in [-0.1, -0.05) is 0 Å². The maximum atomic E-state index is 4.71. The van der Waals surface area contributed by atoms with Gasteiger partial charge in [-0.3, -0.25) is 4.98 Å². The molecule has 1 fully saturated rings. The highest BCUT2D eigenvalue weighted by Crippen LogP contribution is 2.37. The number of nitrogens with one attached hydrogen (secondary N) is 1. The van der Waals surface area contributed by atoms with E-state index in [1.165, 1.54) is 20.5 Å². The number of hydrogen-bond acceptors (Lipinski definition) is 6. The normalized spacial score (nSPS) is 15.2. The monoisotopic (exact) mass is 426 g/mol. The van der Waals surface area contributed by atoms with Crippen LogP contribution in [0.2, 0.25) is 0 Å². The number of likely N-dealkylation sites (N-methyl/N-ethyl adjacent to an activating group) is 1. The fraction of sp³-hybridized carbons (Fsp3) is 0.208. The lowest BCUT2D eigenvalue weighted by molar-refractivity contribution is 0.312. The van der Waals surface area contributed by atoms with E-state index in [0.29, 0.717) is 0 Å². The second-order valence-electron chi connectivity index (χ2n) is 8.04. The fourth-order valence-electron chi connectivity index (χ4n) is 4.19. The summed E-state index contributed by atoms with van der Waals surface area (Å²) in [5, 5.41) is 2.36. The predicted octanol–water partition coefficient (Wildman–Crippen LogP) is 4.65. The molecule has 5 aromatic heterocycles. The van der Waals surface area contributed by atoms with Crippen molar-refractivity contribution in [3.05, 3.63) is 61.3 Å². The summed E-state index contributed by atoms with van der Waals surface area (Å²) in [6, 6.07) is 10.8. The van der Waals surface area contributed by atoms with Crippen LogP contribution in [-0.4, -0.2) is 58.1 Å². The van der Waals surface area contributed by atoms with Crippen molar-refractivity contribution in [2.75, 3.05) is 38.1 Å². The van der Waals surface area contributed by atoms with Crippen LogP contribution in [0.25, 0.3) is 42.7 Å². The van der Waals surface area contributed by atoms with Gasteiger partial charge in [0.1, 0.15) is 11.5 Å². The molecular formula is C24H22N6S. The van der Waals surface area contributed by atoms with Crippen molar-refractivity contribution in [3.63, 3.8) is 0 Å². The van der Waals surface area contributed by atoms with Crippen molar-refractivity contribution >= 4 is 38.3 Å². The first-order chi connectivity index (χ1) is 15.2. The van der Waals surface area contributed by atoms with Crippen LogP contribution in [0.4, 0.5) is 5.82 Å². The van der Waals surface area contributed by atoms with Crippen LogP contribution in [0, 0.1) is 0 Å². The average molecular weight is 427 g/mol. The molecule has 1 N–H and O–H groups in total. The molecule has 6 heterocycles. The molecule has 0 radical (unpaired) electrons. The number of fused-ring (bicyclic) bond motifs is 2. The highest BCUT2D eigenvalue weighted by atomic mass is 32.1. The molecular weight excluding hydrogens is 404 g/mol. The summed E-state index contributed by atoms with van der Waals surface area (Å²) >= 11 is 1.76. The Morgan fingerprint density at radius 3 is 2.71 bits per heavy atom. The van der Waals surface area contributed by atoms with E-state index in [9.17, 15) is 0 Å². The highest BCUT2D eigenvalue weighted by Gasteiger charge is 2.16. The van der Waals surface area contributed by atoms with E-state index < -0.39 is 0 Å². The number of thiophene rings is 1. The molecule has 0 atom stereocenters. The third-order valence-electron chi connectivity index (χ3n) is 6.03. The molecule has 0 saturated carbocycles. The number of anilines is 1. The van der Waals surface area contributed by atoms with Crippen LogP contribution in [0.5, 0.6) is 0 Å². The maximum absolute atomic E-state index is 4.71. The molecule has 0 unspecified atom stereocenters. The minimum atomic E-state index is 0.905. The van der Waals surface area contributed by atoms with Crippen molar-refractivity contribution < 1.29 is 0 Å². The number of piperazine rings is 1. The summed E-state index contributed by atoms with van der Waals surface area (Å²) in [6.07, 6.45) is 9.68. The Morgan fingerprint density at radius 2 is 1.84 bits per heavy atom. The molecule has 6 rings (SSSR count). The molecule has 0 bridgehead atoms. The third kappa shape index (κ3) is 3.36. The number of nitrogens with zero attached hydrogens (tertiary/aromatic N) is 5. The first-order valence-electron chi connectivity index (χ1n) is 10.5. The zero-order valence-corrected chi connectivity index (χ0v) is 18.1. The van der Waals surface area contributed by atoms with Crippen molar-refractivity contribution in [2.24, 2.45) is 0 Å². The van der Waals surface area contributed by atoms with Gasteiger partial charge >= 0.3 is 0 Å². The van der Waals surface area contributed by atoms with Gasteiger partial charge in [0.05, 0.1) is 4.70 Å². The molecule has 1 aliphatic rings.